The Morgan fingerprint density at radius 1 is 1.22 bits per heavy atom. The third kappa shape index (κ3) is 7.40. The number of benzene rings is 2. The molecular weight excluding hydrogens is 428 g/mol. The molecule has 1 fully saturated rings. The molecule has 0 radical (unpaired) electrons. The monoisotopic (exact) mass is 460 g/mol. The zero-order valence-electron chi connectivity index (χ0n) is 19.1. The summed E-state index contributed by atoms with van der Waals surface area (Å²) in [7, 11) is 2.14. The van der Waals surface area contributed by atoms with Gasteiger partial charge in [-0.25, -0.2) is 0 Å². The second-order valence-electron chi connectivity index (χ2n) is 8.21. The summed E-state index contributed by atoms with van der Waals surface area (Å²) in [5.74, 6) is 1.25. The van der Waals surface area contributed by atoms with Crippen molar-refractivity contribution in [2.75, 3.05) is 33.4 Å². The van der Waals surface area contributed by atoms with E-state index in [-0.39, 0.29) is 5.91 Å². The summed E-state index contributed by atoms with van der Waals surface area (Å²) >= 11 is 6.04. The molecule has 32 heavy (non-hydrogen) atoms. The van der Waals surface area contributed by atoms with Gasteiger partial charge in [0.1, 0.15) is 18.1 Å². The summed E-state index contributed by atoms with van der Waals surface area (Å²) in [5.41, 5.74) is 1.88. The molecule has 1 aliphatic rings. The number of amides is 1. The van der Waals surface area contributed by atoms with Gasteiger partial charge in [-0.2, -0.15) is 0 Å². The highest BCUT2D eigenvalue weighted by Gasteiger charge is 2.18. The molecule has 2 aromatic rings. The van der Waals surface area contributed by atoms with E-state index in [0.29, 0.717) is 30.0 Å². The van der Waals surface area contributed by atoms with Crippen LogP contribution in [0, 0.1) is 6.92 Å². The molecule has 6 nitrogen and oxygen atoms in total. The number of likely N-dealkylation sites (N-methyl/N-ethyl adjacent to an activating group) is 1. The van der Waals surface area contributed by atoms with Gasteiger partial charge in [0.15, 0.2) is 6.10 Å². The first-order chi connectivity index (χ1) is 15.4. The van der Waals surface area contributed by atoms with E-state index < -0.39 is 6.10 Å². The highest BCUT2D eigenvalue weighted by molar-refractivity contribution is 6.31. The minimum atomic E-state index is -0.615. The van der Waals surface area contributed by atoms with Crippen LogP contribution in [0.2, 0.25) is 5.02 Å². The van der Waals surface area contributed by atoms with Crippen molar-refractivity contribution in [3.63, 3.8) is 0 Å². The van der Waals surface area contributed by atoms with Crippen molar-refractivity contribution >= 4 is 17.5 Å². The molecule has 0 spiro atoms. The number of halogens is 1. The van der Waals surface area contributed by atoms with Gasteiger partial charge in [-0.1, -0.05) is 23.7 Å². The number of nitrogens with zero attached hydrogens (tertiary/aromatic N) is 1. The van der Waals surface area contributed by atoms with E-state index in [0.717, 1.165) is 49.5 Å². The maximum atomic E-state index is 12.4. The van der Waals surface area contributed by atoms with Gasteiger partial charge in [0.2, 0.25) is 0 Å². The normalized spacial score (nSPS) is 15.4. The van der Waals surface area contributed by atoms with Crippen molar-refractivity contribution in [1.29, 1.82) is 0 Å². The van der Waals surface area contributed by atoms with E-state index in [9.17, 15) is 4.79 Å². The van der Waals surface area contributed by atoms with Crippen molar-refractivity contribution in [3.8, 4) is 11.5 Å². The second kappa shape index (κ2) is 12.1. The number of carbonyl (C=O) groups excluding carboxylic acids is 1. The van der Waals surface area contributed by atoms with Crippen LogP contribution in [-0.4, -0.2) is 56.4 Å². The van der Waals surface area contributed by atoms with Gasteiger partial charge in [0.05, 0.1) is 0 Å². The SMILES string of the molecule is Cc1cc(OC(C)C(=O)NCc2cccc(OCCN(C)C3CCOCC3)c2)ccc1Cl. The average Bonchev–Trinajstić information content (AvgIpc) is 2.80. The standard InChI is InChI=1S/C25H33ClN2O4/c1-18-15-23(7-8-24(18)26)32-19(2)25(29)27-17-20-5-4-6-22(16-20)31-14-11-28(3)21-9-12-30-13-10-21/h4-8,15-16,19,21H,9-14,17H2,1-3H3,(H,27,29). The Hall–Kier alpha value is -2.28. The first-order valence-corrected chi connectivity index (χ1v) is 11.5. The lowest BCUT2D eigenvalue weighted by Gasteiger charge is -2.31. The Kier molecular flexibility index (Phi) is 9.21. The topological polar surface area (TPSA) is 60.0 Å². The molecule has 174 valence electrons. The van der Waals surface area contributed by atoms with Crippen molar-refractivity contribution in [1.82, 2.24) is 10.2 Å². The van der Waals surface area contributed by atoms with Gasteiger partial charge in [-0.15, -0.1) is 0 Å². The second-order valence-corrected chi connectivity index (χ2v) is 8.62. The maximum Gasteiger partial charge on any atom is 0.261 e. The number of aryl methyl sites for hydroxylation is 1. The largest absolute Gasteiger partial charge is 0.492 e. The lowest BCUT2D eigenvalue weighted by molar-refractivity contribution is -0.127. The van der Waals surface area contributed by atoms with Crippen LogP contribution in [0.5, 0.6) is 11.5 Å². The molecular formula is C25H33ClN2O4. The molecule has 1 saturated heterocycles. The van der Waals surface area contributed by atoms with Gasteiger partial charge in [0.25, 0.3) is 5.91 Å². The first kappa shape index (κ1) is 24.4. The molecule has 1 heterocycles. The number of ether oxygens (including phenoxy) is 3. The van der Waals surface area contributed by atoms with Gasteiger partial charge in [-0.05, 0) is 75.2 Å². The zero-order chi connectivity index (χ0) is 22.9. The summed E-state index contributed by atoms with van der Waals surface area (Å²) in [6.07, 6.45) is 1.53. The first-order valence-electron chi connectivity index (χ1n) is 11.1. The fourth-order valence-electron chi connectivity index (χ4n) is 3.64. The zero-order valence-corrected chi connectivity index (χ0v) is 19.9. The van der Waals surface area contributed by atoms with Crippen LogP contribution >= 0.6 is 11.6 Å². The molecule has 2 aromatic carbocycles. The summed E-state index contributed by atoms with van der Waals surface area (Å²) in [6.45, 7) is 7.20. The van der Waals surface area contributed by atoms with Crippen LogP contribution in [0.1, 0.15) is 30.9 Å². The Balaban J connectivity index is 1.42. The Morgan fingerprint density at radius 2 is 2.00 bits per heavy atom. The molecule has 0 bridgehead atoms. The third-order valence-electron chi connectivity index (χ3n) is 5.70. The molecule has 0 aromatic heterocycles. The minimum Gasteiger partial charge on any atom is -0.492 e. The summed E-state index contributed by atoms with van der Waals surface area (Å²) in [4.78, 5) is 14.8. The molecule has 1 amide bonds. The predicted octanol–water partition coefficient (Wildman–Crippen LogP) is 4.22. The third-order valence-corrected chi connectivity index (χ3v) is 6.13. The van der Waals surface area contributed by atoms with Gasteiger partial charge >= 0.3 is 0 Å². The lowest BCUT2D eigenvalue weighted by atomic mass is 10.1. The molecule has 3 rings (SSSR count). The van der Waals surface area contributed by atoms with Crippen LogP contribution in [0.15, 0.2) is 42.5 Å². The van der Waals surface area contributed by atoms with Crippen LogP contribution in [-0.2, 0) is 16.1 Å². The number of hydrogen-bond acceptors (Lipinski definition) is 5. The Labute approximate surface area is 195 Å². The molecule has 1 N–H and O–H groups in total. The minimum absolute atomic E-state index is 0.179. The van der Waals surface area contributed by atoms with E-state index in [1.165, 1.54) is 0 Å². The molecule has 7 heteroatoms. The van der Waals surface area contributed by atoms with E-state index in [1.807, 2.05) is 37.3 Å². The van der Waals surface area contributed by atoms with Gasteiger partial charge < -0.3 is 19.5 Å². The lowest BCUT2D eigenvalue weighted by Crippen LogP contribution is -2.38. The molecule has 1 aliphatic heterocycles. The maximum absolute atomic E-state index is 12.4. The van der Waals surface area contributed by atoms with Crippen LogP contribution in [0.25, 0.3) is 0 Å². The Morgan fingerprint density at radius 3 is 2.75 bits per heavy atom. The fourth-order valence-corrected chi connectivity index (χ4v) is 3.76. The van der Waals surface area contributed by atoms with Crippen molar-refractivity contribution in [3.05, 3.63) is 58.6 Å². The van der Waals surface area contributed by atoms with E-state index in [2.05, 4.69) is 17.3 Å². The summed E-state index contributed by atoms with van der Waals surface area (Å²) < 4.78 is 17.1. The van der Waals surface area contributed by atoms with Crippen LogP contribution < -0.4 is 14.8 Å². The van der Waals surface area contributed by atoms with Crippen LogP contribution in [0.3, 0.4) is 0 Å². The smallest absolute Gasteiger partial charge is 0.261 e. The molecule has 0 saturated carbocycles. The Bertz CT molecular complexity index is 886. The summed E-state index contributed by atoms with van der Waals surface area (Å²) in [6, 6.07) is 13.7. The molecule has 1 atom stereocenters. The van der Waals surface area contributed by atoms with Crippen LogP contribution in [0.4, 0.5) is 0 Å². The van der Waals surface area contributed by atoms with Crippen molar-refractivity contribution in [2.24, 2.45) is 0 Å². The molecule has 1 unspecified atom stereocenters. The number of carbonyl (C=O) groups is 1. The summed E-state index contributed by atoms with van der Waals surface area (Å²) in [5, 5.41) is 3.60. The van der Waals surface area contributed by atoms with Gasteiger partial charge in [-0.3, -0.25) is 9.69 Å². The number of rotatable bonds is 10. The highest BCUT2D eigenvalue weighted by atomic mass is 35.5. The number of nitrogens with one attached hydrogen (secondary N) is 1. The van der Waals surface area contributed by atoms with Gasteiger partial charge in [0, 0.05) is 37.4 Å². The van der Waals surface area contributed by atoms with Crippen molar-refractivity contribution < 1.29 is 19.0 Å². The van der Waals surface area contributed by atoms with E-state index in [1.54, 1.807) is 19.1 Å². The quantitative estimate of drug-likeness (QED) is 0.575. The molecule has 0 aliphatic carbocycles. The number of hydrogen-bond donors (Lipinski definition) is 1. The fraction of sp³-hybridized carbons (Fsp3) is 0.480. The van der Waals surface area contributed by atoms with Crippen molar-refractivity contribution in [2.45, 2.75) is 45.4 Å². The van der Waals surface area contributed by atoms with E-state index in [4.69, 9.17) is 25.8 Å². The highest BCUT2D eigenvalue weighted by Crippen LogP contribution is 2.22. The van der Waals surface area contributed by atoms with E-state index >= 15 is 0 Å². The predicted molar refractivity (Wildman–Crippen MR) is 127 cm³/mol. The average molecular weight is 461 g/mol.